The lowest BCUT2D eigenvalue weighted by atomic mass is 9.94. The van der Waals surface area contributed by atoms with Crippen molar-refractivity contribution >= 4 is 5.97 Å². The Hall–Kier alpha value is -1.55. The molecule has 2 rings (SSSR count). The van der Waals surface area contributed by atoms with Gasteiger partial charge < -0.3 is 14.9 Å². The van der Waals surface area contributed by atoms with Gasteiger partial charge in [-0.1, -0.05) is 31.0 Å². The topological polar surface area (TPSA) is 66.8 Å². The molecular formula is C13H16O4. The van der Waals surface area contributed by atoms with E-state index in [1.165, 1.54) is 0 Å². The molecule has 1 unspecified atom stereocenters. The van der Waals surface area contributed by atoms with E-state index in [0.29, 0.717) is 18.6 Å². The van der Waals surface area contributed by atoms with E-state index in [2.05, 4.69) is 0 Å². The van der Waals surface area contributed by atoms with Crippen LogP contribution in [-0.2, 0) is 4.79 Å². The Morgan fingerprint density at radius 2 is 1.82 bits per heavy atom. The highest BCUT2D eigenvalue weighted by Gasteiger charge is 2.45. The van der Waals surface area contributed by atoms with Gasteiger partial charge in [-0.15, -0.1) is 0 Å². The molecule has 0 saturated heterocycles. The van der Waals surface area contributed by atoms with E-state index in [0.717, 1.165) is 12.8 Å². The van der Waals surface area contributed by atoms with Crippen molar-refractivity contribution in [2.24, 2.45) is 0 Å². The quantitative estimate of drug-likeness (QED) is 0.836. The molecule has 4 nitrogen and oxygen atoms in total. The average molecular weight is 236 g/mol. The van der Waals surface area contributed by atoms with Gasteiger partial charge in [0, 0.05) is 0 Å². The molecule has 1 aliphatic carbocycles. The van der Waals surface area contributed by atoms with Crippen LogP contribution in [0.4, 0.5) is 0 Å². The van der Waals surface area contributed by atoms with Crippen LogP contribution in [0.1, 0.15) is 25.7 Å². The SMILES string of the molecule is O=C(O)C(Oc1ccccc1)C1(O)CCCC1. The maximum atomic E-state index is 11.2. The first-order valence-electron chi connectivity index (χ1n) is 5.79. The lowest BCUT2D eigenvalue weighted by molar-refractivity contribution is -0.159. The Labute approximate surface area is 99.8 Å². The number of hydrogen-bond donors (Lipinski definition) is 2. The molecule has 17 heavy (non-hydrogen) atoms. The second kappa shape index (κ2) is 4.75. The Bertz CT molecular complexity index is 382. The highest BCUT2D eigenvalue weighted by Crippen LogP contribution is 2.34. The van der Waals surface area contributed by atoms with Gasteiger partial charge in [0.15, 0.2) is 0 Å². The van der Waals surface area contributed by atoms with Gasteiger partial charge in [0.2, 0.25) is 6.10 Å². The lowest BCUT2D eigenvalue weighted by Gasteiger charge is -2.29. The van der Waals surface area contributed by atoms with E-state index in [9.17, 15) is 15.0 Å². The Balaban J connectivity index is 2.16. The highest BCUT2D eigenvalue weighted by atomic mass is 16.5. The molecule has 0 aromatic heterocycles. The molecule has 1 saturated carbocycles. The van der Waals surface area contributed by atoms with Gasteiger partial charge in [-0.3, -0.25) is 0 Å². The van der Waals surface area contributed by atoms with E-state index in [4.69, 9.17) is 4.74 Å². The summed E-state index contributed by atoms with van der Waals surface area (Å²) in [6, 6.07) is 8.75. The zero-order chi connectivity index (χ0) is 12.3. The Morgan fingerprint density at radius 3 is 2.35 bits per heavy atom. The molecule has 4 heteroatoms. The number of rotatable bonds is 4. The van der Waals surface area contributed by atoms with Crippen LogP contribution in [-0.4, -0.2) is 27.9 Å². The van der Waals surface area contributed by atoms with Gasteiger partial charge in [0.25, 0.3) is 0 Å². The Kier molecular flexibility index (Phi) is 3.33. The second-order valence-corrected chi connectivity index (χ2v) is 4.46. The van der Waals surface area contributed by atoms with Gasteiger partial charge in [-0.25, -0.2) is 4.79 Å². The van der Waals surface area contributed by atoms with Gasteiger partial charge in [0.1, 0.15) is 11.4 Å². The number of carboxylic acid groups (broad SMARTS) is 1. The summed E-state index contributed by atoms with van der Waals surface area (Å²) in [5.74, 6) is -0.640. The van der Waals surface area contributed by atoms with Crippen molar-refractivity contribution in [3.63, 3.8) is 0 Å². The summed E-state index contributed by atoms with van der Waals surface area (Å²) in [6.45, 7) is 0. The number of carbonyl (C=O) groups is 1. The van der Waals surface area contributed by atoms with Crippen molar-refractivity contribution in [1.29, 1.82) is 0 Å². The van der Waals surface area contributed by atoms with Crippen molar-refractivity contribution in [3.05, 3.63) is 30.3 Å². The highest BCUT2D eigenvalue weighted by molar-refractivity contribution is 5.74. The van der Waals surface area contributed by atoms with Crippen LogP contribution in [0.3, 0.4) is 0 Å². The predicted octanol–water partition coefficient (Wildman–Crippen LogP) is 1.82. The molecule has 2 N–H and O–H groups in total. The third-order valence-electron chi connectivity index (χ3n) is 3.18. The molecule has 1 aromatic carbocycles. The zero-order valence-corrected chi connectivity index (χ0v) is 9.50. The summed E-state index contributed by atoms with van der Waals surface area (Å²) in [5.41, 5.74) is -1.23. The van der Waals surface area contributed by atoms with Crippen LogP contribution in [0.2, 0.25) is 0 Å². The fourth-order valence-electron chi connectivity index (χ4n) is 2.27. The summed E-state index contributed by atoms with van der Waals surface area (Å²) in [5, 5.41) is 19.5. The van der Waals surface area contributed by atoms with Gasteiger partial charge in [-0.05, 0) is 25.0 Å². The standard InChI is InChI=1S/C13H16O4/c14-12(15)11(13(16)8-4-5-9-13)17-10-6-2-1-3-7-10/h1-3,6-7,11,16H,4-5,8-9H2,(H,14,15). The lowest BCUT2D eigenvalue weighted by Crippen LogP contribution is -2.48. The summed E-state index contributed by atoms with van der Waals surface area (Å²) >= 11 is 0. The molecule has 0 amide bonds. The average Bonchev–Trinajstić information content (AvgIpc) is 2.75. The van der Waals surface area contributed by atoms with Crippen LogP contribution < -0.4 is 4.74 Å². The van der Waals surface area contributed by atoms with Gasteiger partial charge >= 0.3 is 5.97 Å². The molecule has 1 aliphatic rings. The van der Waals surface area contributed by atoms with Crippen LogP contribution >= 0.6 is 0 Å². The Morgan fingerprint density at radius 1 is 1.24 bits per heavy atom. The normalized spacial score (nSPS) is 19.8. The van der Waals surface area contributed by atoms with Crippen LogP contribution in [0.5, 0.6) is 5.75 Å². The molecule has 0 radical (unpaired) electrons. The van der Waals surface area contributed by atoms with Crippen LogP contribution in [0, 0.1) is 0 Å². The molecular weight excluding hydrogens is 220 g/mol. The second-order valence-electron chi connectivity index (χ2n) is 4.46. The molecule has 1 aromatic rings. The number of aliphatic carboxylic acids is 1. The first-order chi connectivity index (χ1) is 8.12. The number of hydrogen-bond acceptors (Lipinski definition) is 3. The third-order valence-corrected chi connectivity index (χ3v) is 3.18. The molecule has 1 fully saturated rings. The molecule has 92 valence electrons. The number of carboxylic acids is 1. The summed E-state index contributed by atoms with van der Waals surface area (Å²) in [4.78, 5) is 11.2. The number of benzene rings is 1. The molecule has 1 atom stereocenters. The minimum absolute atomic E-state index is 0.472. The van der Waals surface area contributed by atoms with E-state index < -0.39 is 17.7 Å². The van der Waals surface area contributed by atoms with E-state index in [1.807, 2.05) is 6.07 Å². The van der Waals surface area contributed by atoms with Crippen molar-refractivity contribution in [1.82, 2.24) is 0 Å². The number of para-hydroxylation sites is 1. The first kappa shape index (κ1) is 11.9. The van der Waals surface area contributed by atoms with Crippen molar-refractivity contribution in [2.45, 2.75) is 37.4 Å². The van der Waals surface area contributed by atoms with E-state index >= 15 is 0 Å². The molecule has 0 spiro atoms. The van der Waals surface area contributed by atoms with Crippen molar-refractivity contribution in [2.75, 3.05) is 0 Å². The van der Waals surface area contributed by atoms with Gasteiger partial charge in [-0.2, -0.15) is 0 Å². The summed E-state index contributed by atoms with van der Waals surface area (Å²) < 4.78 is 5.41. The zero-order valence-electron chi connectivity index (χ0n) is 9.50. The molecule has 0 heterocycles. The van der Waals surface area contributed by atoms with E-state index in [-0.39, 0.29) is 0 Å². The fraction of sp³-hybridized carbons (Fsp3) is 0.462. The van der Waals surface area contributed by atoms with Crippen molar-refractivity contribution < 1.29 is 19.7 Å². The maximum Gasteiger partial charge on any atom is 0.347 e. The summed E-state index contributed by atoms with van der Waals surface area (Å²) in [7, 11) is 0. The number of aliphatic hydroxyl groups is 1. The van der Waals surface area contributed by atoms with Crippen LogP contribution in [0.15, 0.2) is 30.3 Å². The smallest absolute Gasteiger partial charge is 0.347 e. The minimum atomic E-state index is -1.23. The minimum Gasteiger partial charge on any atom is -0.478 e. The van der Waals surface area contributed by atoms with Gasteiger partial charge in [0.05, 0.1) is 0 Å². The van der Waals surface area contributed by atoms with Crippen molar-refractivity contribution in [3.8, 4) is 5.75 Å². The van der Waals surface area contributed by atoms with Crippen LogP contribution in [0.25, 0.3) is 0 Å². The third kappa shape index (κ3) is 2.58. The predicted molar refractivity (Wildman–Crippen MR) is 61.9 cm³/mol. The molecule has 0 bridgehead atoms. The largest absolute Gasteiger partial charge is 0.478 e. The first-order valence-corrected chi connectivity index (χ1v) is 5.79. The summed E-state index contributed by atoms with van der Waals surface area (Å²) in [6.07, 6.45) is 1.47. The maximum absolute atomic E-state index is 11.2. The fourth-order valence-corrected chi connectivity index (χ4v) is 2.27. The van der Waals surface area contributed by atoms with E-state index in [1.54, 1.807) is 24.3 Å². The monoisotopic (exact) mass is 236 g/mol. The number of ether oxygens (including phenoxy) is 1. The molecule has 0 aliphatic heterocycles.